The van der Waals surface area contributed by atoms with Gasteiger partial charge < -0.3 is 4.74 Å². The Bertz CT molecular complexity index is 510. The number of benzene rings is 1. The van der Waals surface area contributed by atoms with Crippen LogP contribution in [0.4, 0.5) is 5.69 Å². The lowest BCUT2D eigenvalue weighted by molar-refractivity contribution is -0.384. The Morgan fingerprint density at radius 2 is 1.82 bits per heavy atom. The minimum absolute atomic E-state index is 0.0138. The third-order valence-electron chi connectivity index (χ3n) is 3.20. The van der Waals surface area contributed by atoms with Crippen LogP contribution >= 0.6 is 0 Å². The summed E-state index contributed by atoms with van der Waals surface area (Å²) in [5.41, 5.74) is 0.631. The van der Waals surface area contributed by atoms with Gasteiger partial charge in [-0.3, -0.25) is 19.7 Å². The number of nitro benzene ring substituents is 1. The number of unbranched alkanes of at least 4 members (excludes halogenated alkanes) is 3. The van der Waals surface area contributed by atoms with Gasteiger partial charge in [0.1, 0.15) is 18.8 Å². The summed E-state index contributed by atoms with van der Waals surface area (Å²) in [6, 6.07) is 5.75. The highest BCUT2D eigenvalue weighted by Gasteiger charge is 2.11. The molecule has 0 unspecified atom stereocenters. The first-order valence-corrected chi connectivity index (χ1v) is 7.43. The lowest BCUT2D eigenvalue weighted by Crippen LogP contribution is -2.11. The molecule has 0 aromatic heterocycles. The Morgan fingerprint density at radius 1 is 1.14 bits per heavy atom. The van der Waals surface area contributed by atoms with Crippen molar-refractivity contribution in [1.82, 2.24) is 0 Å². The lowest BCUT2D eigenvalue weighted by atomic mass is 10.1. The Morgan fingerprint density at radius 3 is 2.41 bits per heavy atom. The van der Waals surface area contributed by atoms with E-state index in [0.717, 1.165) is 25.7 Å². The summed E-state index contributed by atoms with van der Waals surface area (Å²) in [5, 5.41) is 10.5. The largest absolute Gasteiger partial charge is 0.460 e. The Hall–Kier alpha value is -2.24. The van der Waals surface area contributed by atoms with Gasteiger partial charge in [-0.2, -0.15) is 0 Å². The molecule has 0 saturated heterocycles. The molecule has 120 valence electrons. The first-order chi connectivity index (χ1) is 10.5. The molecular weight excluding hydrogens is 286 g/mol. The van der Waals surface area contributed by atoms with Crippen LogP contribution in [-0.4, -0.2) is 16.7 Å². The van der Waals surface area contributed by atoms with E-state index in [9.17, 15) is 19.7 Å². The van der Waals surface area contributed by atoms with Crippen LogP contribution in [-0.2, 0) is 20.9 Å². The summed E-state index contributed by atoms with van der Waals surface area (Å²) < 4.78 is 5.00. The smallest absolute Gasteiger partial charge is 0.313 e. The molecule has 1 aromatic carbocycles. The molecule has 6 heteroatoms. The molecular formula is C16H21NO5. The molecule has 0 heterocycles. The number of carbonyl (C=O) groups is 2. The number of ketones is 1. The van der Waals surface area contributed by atoms with Crippen LogP contribution in [0.1, 0.15) is 51.0 Å². The van der Waals surface area contributed by atoms with Crippen molar-refractivity contribution in [3.63, 3.8) is 0 Å². The minimum Gasteiger partial charge on any atom is -0.460 e. The average molecular weight is 307 g/mol. The number of Topliss-reactive ketones (excluding diaryl/α,β-unsaturated/α-hetero) is 1. The molecule has 0 amide bonds. The summed E-state index contributed by atoms with van der Waals surface area (Å²) in [5.74, 6) is -0.663. The summed E-state index contributed by atoms with van der Waals surface area (Å²) >= 11 is 0. The predicted octanol–water partition coefficient (Wildman–Crippen LogP) is 3.57. The van der Waals surface area contributed by atoms with Crippen LogP contribution in [0.25, 0.3) is 0 Å². The van der Waals surface area contributed by atoms with Crippen LogP contribution < -0.4 is 0 Å². The van der Waals surface area contributed by atoms with Gasteiger partial charge >= 0.3 is 5.97 Å². The van der Waals surface area contributed by atoms with Crippen molar-refractivity contribution in [1.29, 1.82) is 0 Å². The zero-order valence-electron chi connectivity index (χ0n) is 12.7. The minimum atomic E-state index is -0.557. The highest BCUT2D eigenvalue weighted by molar-refractivity contribution is 5.95. The Labute approximate surface area is 129 Å². The SMILES string of the molecule is CCCCCCC(=O)CC(=O)OCc1ccc([N+](=O)[O-])cc1. The number of carbonyl (C=O) groups excluding carboxylic acids is 2. The summed E-state index contributed by atoms with van der Waals surface area (Å²) in [6.45, 7) is 2.11. The van der Waals surface area contributed by atoms with E-state index in [1.165, 1.54) is 24.3 Å². The topological polar surface area (TPSA) is 86.5 Å². The number of hydrogen-bond acceptors (Lipinski definition) is 5. The molecule has 0 bridgehead atoms. The number of non-ortho nitro benzene ring substituents is 1. The van der Waals surface area contributed by atoms with E-state index >= 15 is 0 Å². The second kappa shape index (κ2) is 9.65. The molecule has 0 fully saturated rings. The second-order valence-electron chi connectivity index (χ2n) is 5.11. The van der Waals surface area contributed by atoms with E-state index in [1.807, 2.05) is 0 Å². The number of nitro groups is 1. The van der Waals surface area contributed by atoms with Crippen LogP contribution in [0.15, 0.2) is 24.3 Å². The fraction of sp³-hybridized carbons (Fsp3) is 0.500. The number of ether oxygens (including phenoxy) is 1. The molecule has 0 aliphatic rings. The van der Waals surface area contributed by atoms with Gasteiger partial charge in [0.25, 0.3) is 5.69 Å². The van der Waals surface area contributed by atoms with E-state index in [1.54, 1.807) is 0 Å². The molecule has 1 rings (SSSR count). The average Bonchev–Trinajstić information content (AvgIpc) is 2.50. The van der Waals surface area contributed by atoms with Crippen molar-refractivity contribution in [2.75, 3.05) is 0 Å². The van der Waals surface area contributed by atoms with E-state index in [4.69, 9.17) is 4.74 Å². The van der Waals surface area contributed by atoms with Crippen molar-refractivity contribution in [3.8, 4) is 0 Å². The Kier molecular flexibility index (Phi) is 7.81. The van der Waals surface area contributed by atoms with E-state index in [2.05, 4.69) is 6.92 Å². The van der Waals surface area contributed by atoms with Gasteiger partial charge in [0.15, 0.2) is 0 Å². The summed E-state index contributed by atoms with van der Waals surface area (Å²) in [6.07, 6.45) is 4.21. The number of nitrogens with zero attached hydrogens (tertiary/aromatic N) is 1. The fourth-order valence-corrected chi connectivity index (χ4v) is 1.93. The molecule has 0 atom stereocenters. The molecule has 6 nitrogen and oxygen atoms in total. The first kappa shape index (κ1) is 17.8. The molecule has 0 aliphatic carbocycles. The van der Waals surface area contributed by atoms with E-state index in [0.29, 0.717) is 12.0 Å². The predicted molar refractivity (Wildman–Crippen MR) is 81.3 cm³/mol. The van der Waals surface area contributed by atoms with Gasteiger partial charge in [0.05, 0.1) is 4.92 Å². The van der Waals surface area contributed by atoms with Crippen LogP contribution in [0.5, 0.6) is 0 Å². The molecule has 0 spiro atoms. The highest BCUT2D eigenvalue weighted by Crippen LogP contribution is 2.13. The van der Waals surface area contributed by atoms with Crippen LogP contribution in [0.2, 0.25) is 0 Å². The highest BCUT2D eigenvalue weighted by atomic mass is 16.6. The zero-order valence-corrected chi connectivity index (χ0v) is 12.7. The van der Waals surface area contributed by atoms with Crippen LogP contribution in [0.3, 0.4) is 0 Å². The molecule has 1 aromatic rings. The van der Waals surface area contributed by atoms with Gasteiger partial charge in [0, 0.05) is 18.6 Å². The maximum Gasteiger partial charge on any atom is 0.313 e. The molecule has 0 N–H and O–H groups in total. The molecule has 0 saturated carbocycles. The molecule has 22 heavy (non-hydrogen) atoms. The second-order valence-corrected chi connectivity index (χ2v) is 5.11. The third-order valence-corrected chi connectivity index (χ3v) is 3.20. The summed E-state index contributed by atoms with van der Waals surface area (Å²) in [7, 11) is 0. The monoisotopic (exact) mass is 307 g/mol. The van der Waals surface area contributed by atoms with Gasteiger partial charge in [-0.1, -0.05) is 26.2 Å². The number of hydrogen-bond donors (Lipinski definition) is 0. The van der Waals surface area contributed by atoms with Gasteiger partial charge in [0.2, 0.25) is 0 Å². The van der Waals surface area contributed by atoms with Crippen LogP contribution in [0, 0.1) is 10.1 Å². The van der Waals surface area contributed by atoms with E-state index < -0.39 is 10.9 Å². The van der Waals surface area contributed by atoms with E-state index in [-0.39, 0.29) is 24.5 Å². The van der Waals surface area contributed by atoms with Gasteiger partial charge in [-0.25, -0.2) is 0 Å². The maximum atomic E-state index is 11.6. The number of esters is 1. The van der Waals surface area contributed by atoms with Crippen molar-refractivity contribution < 1.29 is 19.2 Å². The molecule has 0 radical (unpaired) electrons. The van der Waals surface area contributed by atoms with Gasteiger partial charge in [-0.15, -0.1) is 0 Å². The Balaban J connectivity index is 2.27. The third kappa shape index (κ3) is 6.97. The maximum absolute atomic E-state index is 11.6. The van der Waals surface area contributed by atoms with Gasteiger partial charge in [-0.05, 0) is 24.1 Å². The van der Waals surface area contributed by atoms with Crippen molar-refractivity contribution >= 4 is 17.4 Å². The van der Waals surface area contributed by atoms with Crippen molar-refractivity contribution in [2.24, 2.45) is 0 Å². The van der Waals surface area contributed by atoms with Crippen molar-refractivity contribution in [3.05, 3.63) is 39.9 Å². The van der Waals surface area contributed by atoms with Crippen molar-refractivity contribution in [2.45, 2.75) is 52.1 Å². The quantitative estimate of drug-likeness (QED) is 0.217. The summed E-state index contributed by atoms with van der Waals surface area (Å²) in [4.78, 5) is 33.1. The molecule has 0 aliphatic heterocycles. The number of rotatable bonds is 10. The fourth-order valence-electron chi connectivity index (χ4n) is 1.93. The first-order valence-electron chi connectivity index (χ1n) is 7.43. The lowest BCUT2D eigenvalue weighted by Gasteiger charge is -2.04. The standard InChI is InChI=1S/C16H21NO5/c1-2-3-4-5-6-15(18)11-16(19)22-12-13-7-9-14(10-8-13)17(20)21/h7-10H,2-6,11-12H2,1H3. The normalized spacial score (nSPS) is 10.2. The zero-order chi connectivity index (χ0) is 16.4.